The lowest BCUT2D eigenvalue weighted by atomic mass is 9.95. The molecule has 5 heteroatoms. The molecule has 0 radical (unpaired) electrons. The van der Waals surface area contributed by atoms with Crippen molar-refractivity contribution in [2.75, 3.05) is 14.2 Å². The van der Waals surface area contributed by atoms with Crippen molar-refractivity contribution in [3.05, 3.63) is 46.6 Å². The van der Waals surface area contributed by atoms with Crippen LogP contribution < -0.4 is 9.54 Å². The Hall–Kier alpha value is -2.14. The van der Waals surface area contributed by atoms with Crippen LogP contribution in [0.15, 0.2) is 51.9 Å². The van der Waals surface area contributed by atoms with Gasteiger partial charge in [-0.2, -0.15) is 5.10 Å². The van der Waals surface area contributed by atoms with E-state index >= 15 is 0 Å². The molecular formula is C19H21N3OS. The third-order valence-corrected chi connectivity index (χ3v) is 5.87. The number of rotatable bonds is 4. The molecule has 1 aromatic carbocycles. The molecule has 0 spiro atoms. The van der Waals surface area contributed by atoms with Gasteiger partial charge in [0, 0.05) is 30.1 Å². The SMILES string of the molecule is CN=c1scc(-c2ccc(OC)cc2)n1N=CC1CC2C=CC1C2. The first kappa shape index (κ1) is 15.4. The summed E-state index contributed by atoms with van der Waals surface area (Å²) in [5.74, 6) is 2.85. The molecule has 2 aliphatic rings. The Labute approximate surface area is 145 Å². The number of fused-ring (bicyclic) bond motifs is 2. The summed E-state index contributed by atoms with van der Waals surface area (Å²) in [6.45, 7) is 0. The number of methoxy groups -OCH3 is 1. The number of ether oxygens (including phenoxy) is 1. The van der Waals surface area contributed by atoms with Crippen molar-refractivity contribution in [3.63, 3.8) is 0 Å². The van der Waals surface area contributed by atoms with E-state index in [1.54, 1.807) is 18.4 Å². The molecule has 2 bridgehead atoms. The highest BCUT2D eigenvalue weighted by Gasteiger charge is 2.34. The number of benzene rings is 1. The van der Waals surface area contributed by atoms with Gasteiger partial charge in [0.25, 0.3) is 0 Å². The first-order valence-corrected chi connectivity index (χ1v) is 9.17. The van der Waals surface area contributed by atoms with Gasteiger partial charge in [-0.15, -0.1) is 11.3 Å². The summed E-state index contributed by atoms with van der Waals surface area (Å²) < 4.78 is 7.21. The molecule has 0 aliphatic heterocycles. The number of allylic oxidation sites excluding steroid dienone is 2. The normalized spacial score (nSPS) is 25.9. The molecule has 0 N–H and O–H groups in total. The Balaban J connectivity index is 1.66. The number of hydrogen-bond acceptors (Lipinski definition) is 4. The molecule has 2 aliphatic carbocycles. The quantitative estimate of drug-likeness (QED) is 0.617. The second-order valence-corrected chi connectivity index (χ2v) is 7.21. The largest absolute Gasteiger partial charge is 0.497 e. The van der Waals surface area contributed by atoms with Gasteiger partial charge in [-0.25, -0.2) is 4.68 Å². The molecular weight excluding hydrogens is 318 g/mol. The van der Waals surface area contributed by atoms with E-state index < -0.39 is 0 Å². The minimum atomic E-state index is 0.556. The van der Waals surface area contributed by atoms with Crippen LogP contribution in [-0.2, 0) is 0 Å². The second-order valence-electron chi connectivity index (χ2n) is 6.38. The van der Waals surface area contributed by atoms with E-state index in [9.17, 15) is 0 Å². The average Bonchev–Trinajstić information content (AvgIpc) is 3.34. The van der Waals surface area contributed by atoms with Gasteiger partial charge in [-0.05, 0) is 48.9 Å². The molecule has 1 aromatic heterocycles. The Morgan fingerprint density at radius 1 is 1.21 bits per heavy atom. The molecule has 1 saturated carbocycles. The lowest BCUT2D eigenvalue weighted by molar-refractivity contribution is 0.415. The highest BCUT2D eigenvalue weighted by molar-refractivity contribution is 7.07. The maximum Gasteiger partial charge on any atom is 0.205 e. The fourth-order valence-corrected chi connectivity index (χ4v) is 4.47. The number of nitrogens with zero attached hydrogens (tertiary/aromatic N) is 3. The monoisotopic (exact) mass is 339 g/mol. The average molecular weight is 339 g/mol. The highest BCUT2D eigenvalue weighted by atomic mass is 32.1. The summed E-state index contributed by atoms with van der Waals surface area (Å²) in [5, 5.41) is 6.91. The molecule has 4 nitrogen and oxygen atoms in total. The number of thiazole rings is 1. The molecule has 0 amide bonds. The van der Waals surface area contributed by atoms with Crippen molar-refractivity contribution in [2.24, 2.45) is 27.8 Å². The van der Waals surface area contributed by atoms with Crippen molar-refractivity contribution in [1.29, 1.82) is 0 Å². The predicted octanol–water partition coefficient (Wildman–Crippen LogP) is 3.80. The minimum Gasteiger partial charge on any atom is -0.497 e. The van der Waals surface area contributed by atoms with E-state index in [0.29, 0.717) is 11.8 Å². The Morgan fingerprint density at radius 2 is 2.04 bits per heavy atom. The van der Waals surface area contributed by atoms with Gasteiger partial charge in [0.05, 0.1) is 12.8 Å². The second kappa shape index (κ2) is 6.40. The van der Waals surface area contributed by atoms with Crippen molar-refractivity contribution < 1.29 is 4.74 Å². The zero-order valence-electron chi connectivity index (χ0n) is 13.9. The van der Waals surface area contributed by atoms with Crippen LogP contribution >= 0.6 is 11.3 Å². The van der Waals surface area contributed by atoms with Gasteiger partial charge in [0.2, 0.25) is 4.80 Å². The molecule has 0 saturated heterocycles. The van der Waals surface area contributed by atoms with Gasteiger partial charge in [-0.3, -0.25) is 4.99 Å². The van der Waals surface area contributed by atoms with Crippen molar-refractivity contribution in [3.8, 4) is 17.0 Å². The predicted molar refractivity (Wildman–Crippen MR) is 98.5 cm³/mol. The van der Waals surface area contributed by atoms with Crippen LogP contribution in [0.3, 0.4) is 0 Å². The van der Waals surface area contributed by atoms with E-state index in [1.165, 1.54) is 12.8 Å². The van der Waals surface area contributed by atoms with Crippen LogP contribution in [0.1, 0.15) is 12.8 Å². The first-order valence-electron chi connectivity index (χ1n) is 8.29. The van der Waals surface area contributed by atoms with E-state index in [4.69, 9.17) is 9.84 Å². The zero-order chi connectivity index (χ0) is 16.5. The smallest absolute Gasteiger partial charge is 0.205 e. The van der Waals surface area contributed by atoms with E-state index in [0.717, 1.165) is 27.7 Å². The molecule has 1 fully saturated rings. The topological polar surface area (TPSA) is 38.9 Å². The standard InChI is InChI=1S/C19H21N3OS/c1-20-19-22(21-11-16-10-13-3-4-15(16)9-13)18(12-24-19)14-5-7-17(23-2)8-6-14/h3-8,11-13,15-16H,9-10H2,1-2H3. The summed E-state index contributed by atoms with van der Waals surface area (Å²) in [6, 6.07) is 8.08. The minimum absolute atomic E-state index is 0.556. The van der Waals surface area contributed by atoms with E-state index in [1.807, 2.05) is 23.9 Å². The summed E-state index contributed by atoms with van der Waals surface area (Å²) >= 11 is 1.62. The van der Waals surface area contributed by atoms with Crippen LogP contribution in [-0.4, -0.2) is 25.0 Å². The maximum atomic E-state index is 5.25. The zero-order valence-corrected chi connectivity index (χ0v) is 14.7. The van der Waals surface area contributed by atoms with Gasteiger partial charge >= 0.3 is 0 Å². The summed E-state index contributed by atoms with van der Waals surface area (Å²) in [4.78, 5) is 5.29. The van der Waals surface area contributed by atoms with Crippen molar-refractivity contribution in [2.45, 2.75) is 12.8 Å². The third kappa shape index (κ3) is 2.73. The molecule has 4 rings (SSSR count). The fraction of sp³-hybridized carbons (Fsp3) is 0.368. The Bertz CT molecular complexity index is 844. The maximum absolute atomic E-state index is 5.25. The molecule has 3 unspecified atom stereocenters. The van der Waals surface area contributed by atoms with Crippen molar-refractivity contribution >= 4 is 17.6 Å². The Morgan fingerprint density at radius 3 is 2.67 bits per heavy atom. The number of aromatic nitrogens is 1. The van der Waals surface area contributed by atoms with E-state index in [2.05, 4.69) is 40.9 Å². The van der Waals surface area contributed by atoms with Crippen molar-refractivity contribution in [1.82, 2.24) is 4.68 Å². The first-order chi connectivity index (χ1) is 11.8. The summed E-state index contributed by atoms with van der Waals surface area (Å²) in [5.41, 5.74) is 2.19. The number of hydrogen-bond donors (Lipinski definition) is 0. The molecule has 1 heterocycles. The van der Waals surface area contributed by atoms with E-state index in [-0.39, 0.29) is 0 Å². The third-order valence-electron chi connectivity index (χ3n) is 4.97. The van der Waals surface area contributed by atoms with Crippen LogP contribution in [0.2, 0.25) is 0 Å². The Kier molecular flexibility index (Phi) is 4.10. The molecule has 124 valence electrons. The van der Waals surface area contributed by atoms with Crippen LogP contribution in [0.4, 0.5) is 0 Å². The highest BCUT2D eigenvalue weighted by Crippen LogP contribution is 2.42. The van der Waals surface area contributed by atoms with Crippen LogP contribution in [0.25, 0.3) is 11.3 Å². The van der Waals surface area contributed by atoms with Gasteiger partial charge in [0.1, 0.15) is 5.75 Å². The summed E-state index contributed by atoms with van der Waals surface area (Å²) in [6.07, 6.45) is 9.37. The van der Waals surface area contributed by atoms with Gasteiger partial charge < -0.3 is 4.74 Å². The lowest BCUT2D eigenvalue weighted by Gasteiger charge is -2.12. The molecule has 24 heavy (non-hydrogen) atoms. The lowest BCUT2D eigenvalue weighted by Crippen LogP contribution is -2.15. The van der Waals surface area contributed by atoms with Crippen LogP contribution in [0, 0.1) is 17.8 Å². The van der Waals surface area contributed by atoms with Gasteiger partial charge in [0.15, 0.2) is 0 Å². The summed E-state index contributed by atoms with van der Waals surface area (Å²) in [7, 11) is 3.50. The van der Waals surface area contributed by atoms with Gasteiger partial charge in [-0.1, -0.05) is 12.2 Å². The molecule has 2 aromatic rings. The molecule has 3 atom stereocenters. The van der Waals surface area contributed by atoms with Crippen LogP contribution in [0.5, 0.6) is 5.75 Å². The fourth-order valence-electron chi connectivity index (χ4n) is 3.67.